The fraction of sp³-hybridized carbons (Fsp3) is 1.00. The summed E-state index contributed by atoms with van der Waals surface area (Å²) >= 11 is 2.60. The molecule has 21 heavy (non-hydrogen) atoms. The highest BCUT2D eigenvalue weighted by atomic mass is 127. The molecule has 3 fully saturated rings. The third-order valence-electron chi connectivity index (χ3n) is 5.72. The number of hydrogen-bond donors (Lipinski definition) is 0. The lowest BCUT2D eigenvalue weighted by Gasteiger charge is -2.40. The van der Waals surface area contributed by atoms with Crippen LogP contribution in [0.1, 0.15) is 19.3 Å². The molecule has 0 amide bonds. The molecule has 0 unspecified atom stereocenters. The summed E-state index contributed by atoms with van der Waals surface area (Å²) in [6, 6.07) is 0.808. The molecule has 3 aliphatic rings. The van der Waals surface area contributed by atoms with Crippen molar-refractivity contribution < 1.29 is 0 Å². The molecule has 0 aromatic carbocycles. The maximum atomic E-state index is 2.75. The Hall–Kier alpha value is 0.570. The molecule has 0 aromatic heterocycles. The number of piperidine rings is 1. The van der Waals surface area contributed by atoms with Crippen molar-refractivity contribution in [2.75, 3.05) is 66.5 Å². The van der Waals surface area contributed by atoms with E-state index in [1.165, 1.54) is 71.6 Å². The van der Waals surface area contributed by atoms with Crippen LogP contribution in [0.15, 0.2) is 0 Å². The number of likely N-dealkylation sites (tertiary alicyclic amines) is 2. The molecule has 0 aliphatic carbocycles. The van der Waals surface area contributed by atoms with Gasteiger partial charge >= 0.3 is 0 Å². The first-order valence-electron chi connectivity index (χ1n) is 8.61. The van der Waals surface area contributed by atoms with E-state index in [2.05, 4.69) is 56.3 Å². The van der Waals surface area contributed by atoms with Crippen molar-refractivity contribution in [1.82, 2.24) is 19.6 Å². The van der Waals surface area contributed by atoms with Gasteiger partial charge in [0.15, 0.2) is 0 Å². The first-order valence-corrected chi connectivity index (χ1v) is 9.85. The number of piperazine rings is 1. The Bertz CT molecular complexity index is 314. The summed E-state index contributed by atoms with van der Waals surface area (Å²) in [6.45, 7) is 10.4. The number of halogens is 1. The van der Waals surface area contributed by atoms with Crippen molar-refractivity contribution in [2.24, 2.45) is 5.92 Å². The second-order valence-electron chi connectivity index (χ2n) is 7.35. The summed E-state index contributed by atoms with van der Waals surface area (Å²) in [4.78, 5) is 10.5. The summed E-state index contributed by atoms with van der Waals surface area (Å²) in [5.74, 6) is 0.948. The Morgan fingerprint density at radius 3 is 2.19 bits per heavy atom. The van der Waals surface area contributed by atoms with Crippen LogP contribution in [0.5, 0.6) is 0 Å². The largest absolute Gasteiger partial charge is 0.306 e. The monoisotopic (exact) mass is 406 g/mol. The van der Waals surface area contributed by atoms with E-state index >= 15 is 0 Å². The molecule has 0 spiro atoms. The van der Waals surface area contributed by atoms with E-state index in [1.807, 2.05) is 0 Å². The van der Waals surface area contributed by atoms with E-state index in [1.54, 1.807) is 0 Å². The Morgan fingerprint density at radius 2 is 1.62 bits per heavy atom. The first kappa shape index (κ1) is 16.4. The van der Waals surface area contributed by atoms with Crippen LogP contribution in [0.25, 0.3) is 0 Å². The molecule has 122 valence electrons. The maximum Gasteiger partial charge on any atom is 0.0632 e. The third kappa shape index (κ3) is 4.31. The van der Waals surface area contributed by atoms with Gasteiger partial charge in [0.1, 0.15) is 0 Å². The SMILES string of the molecule is CN1CCC(CN2CCN([C@H]3C[C@@H](I)N(C)C3)CC2)CC1. The Morgan fingerprint density at radius 1 is 0.952 bits per heavy atom. The molecular weight excluding hydrogens is 375 g/mol. The van der Waals surface area contributed by atoms with Gasteiger partial charge in [0.25, 0.3) is 0 Å². The second kappa shape index (κ2) is 7.43. The van der Waals surface area contributed by atoms with Crippen molar-refractivity contribution in [3.05, 3.63) is 0 Å². The lowest BCUT2D eigenvalue weighted by atomic mass is 9.96. The smallest absolute Gasteiger partial charge is 0.0632 e. The van der Waals surface area contributed by atoms with Gasteiger partial charge < -0.3 is 9.80 Å². The molecule has 5 heteroatoms. The molecule has 3 heterocycles. The van der Waals surface area contributed by atoms with E-state index in [-0.39, 0.29) is 0 Å². The van der Waals surface area contributed by atoms with Crippen molar-refractivity contribution >= 4 is 22.6 Å². The lowest BCUT2D eigenvalue weighted by Crippen LogP contribution is -2.52. The lowest BCUT2D eigenvalue weighted by molar-refractivity contribution is 0.0778. The molecule has 2 atom stereocenters. The van der Waals surface area contributed by atoms with E-state index in [0.717, 1.165) is 16.0 Å². The zero-order chi connectivity index (χ0) is 14.8. The summed E-state index contributed by atoms with van der Waals surface area (Å²) in [6.07, 6.45) is 4.16. The average Bonchev–Trinajstić information content (AvgIpc) is 2.82. The van der Waals surface area contributed by atoms with Gasteiger partial charge in [-0.1, -0.05) is 22.6 Å². The standard InChI is InChI=1S/C16H31IN4/c1-18-5-3-14(4-6-18)12-20-7-9-21(10-8-20)15-11-16(17)19(2)13-15/h14-16H,3-13H2,1-2H3/t15-,16-/m0/s1. The molecular formula is C16H31IN4. The van der Waals surface area contributed by atoms with Crippen molar-refractivity contribution in [3.8, 4) is 0 Å². The number of hydrogen-bond acceptors (Lipinski definition) is 4. The normalized spacial score (nSPS) is 35.6. The van der Waals surface area contributed by atoms with Gasteiger partial charge in [-0.2, -0.15) is 0 Å². The fourth-order valence-corrected chi connectivity index (χ4v) is 4.93. The molecule has 0 aromatic rings. The van der Waals surface area contributed by atoms with Crippen LogP contribution >= 0.6 is 22.6 Å². The molecule has 4 nitrogen and oxygen atoms in total. The Labute approximate surface area is 143 Å². The van der Waals surface area contributed by atoms with Gasteiger partial charge in [-0.25, -0.2) is 0 Å². The maximum absolute atomic E-state index is 2.75. The van der Waals surface area contributed by atoms with E-state index in [0.29, 0.717) is 0 Å². The first-order chi connectivity index (χ1) is 10.1. The highest BCUT2D eigenvalue weighted by Gasteiger charge is 2.33. The number of likely N-dealkylation sites (N-methyl/N-ethyl adjacent to an activating group) is 1. The van der Waals surface area contributed by atoms with Crippen LogP contribution < -0.4 is 0 Å². The van der Waals surface area contributed by atoms with Crippen molar-refractivity contribution in [3.63, 3.8) is 0 Å². The molecule has 3 aliphatic heterocycles. The molecule has 0 N–H and O–H groups in total. The van der Waals surface area contributed by atoms with E-state index < -0.39 is 0 Å². The zero-order valence-corrected chi connectivity index (χ0v) is 15.8. The van der Waals surface area contributed by atoms with Gasteiger partial charge in [-0.15, -0.1) is 0 Å². The van der Waals surface area contributed by atoms with Crippen molar-refractivity contribution in [2.45, 2.75) is 29.4 Å². The Balaban J connectivity index is 1.39. The summed E-state index contributed by atoms with van der Waals surface area (Å²) < 4.78 is 0.741. The van der Waals surface area contributed by atoms with Crippen LogP contribution in [0.2, 0.25) is 0 Å². The predicted octanol–water partition coefficient (Wildman–Crippen LogP) is 1.41. The van der Waals surface area contributed by atoms with Crippen LogP contribution in [-0.4, -0.2) is 96.1 Å². The molecule has 3 saturated heterocycles. The van der Waals surface area contributed by atoms with Gasteiger partial charge in [-0.3, -0.25) is 9.80 Å². The molecule has 0 bridgehead atoms. The Kier molecular flexibility index (Phi) is 5.81. The zero-order valence-electron chi connectivity index (χ0n) is 13.7. The summed E-state index contributed by atoms with van der Waals surface area (Å²) in [5, 5.41) is 0. The highest BCUT2D eigenvalue weighted by Crippen LogP contribution is 2.26. The highest BCUT2D eigenvalue weighted by molar-refractivity contribution is 14.1. The van der Waals surface area contributed by atoms with Gasteiger partial charge in [0.2, 0.25) is 0 Å². The second-order valence-corrected chi connectivity index (χ2v) is 8.78. The summed E-state index contributed by atoms with van der Waals surface area (Å²) in [5.41, 5.74) is 0. The quantitative estimate of drug-likeness (QED) is 0.399. The summed E-state index contributed by atoms with van der Waals surface area (Å²) in [7, 11) is 4.53. The van der Waals surface area contributed by atoms with Crippen LogP contribution in [0.4, 0.5) is 0 Å². The average molecular weight is 406 g/mol. The predicted molar refractivity (Wildman–Crippen MR) is 97.1 cm³/mol. The number of nitrogens with zero attached hydrogens (tertiary/aromatic N) is 4. The van der Waals surface area contributed by atoms with E-state index in [4.69, 9.17) is 0 Å². The van der Waals surface area contributed by atoms with E-state index in [9.17, 15) is 0 Å². The van der Waals surface area contributed by atoms with Crippen LogP contribution in [0, 0.1) is 5.92 Å². The topological polar surface area (TPSA) is 13.0 Å². The molecule has 3 rings (SSSR count). The minimum atomic E-state index is 0.741. The van der Waals surface area contributed by atoms with Gasteiger partial charge in [-0.05, 0) is 52.4 Å². The fourth-order valence-electron chi connectivity index (χ4n) is 4.11. The third-order valence-corrected chi connectivity index (χ3v) is 7.18. The van der Waals surface area contributed by atoms with Crippen LogP contribution in [-0.2, 0) is 0 Å². The molecule has 0 saturated carbocycles. The van der Waals surface area contributed by atoms with Gasteiger partial charge in [0, 0.05) is 45.3 Å². The minimum absolute atomic E-state index is 0.741. The van der Waals surface area contributed by atoms with Crippen LogP contribution in [0.3, 0.4) is 0 Å². The number of alkyl halides is 1. The molecule has 0 radical (unpaired) electrons. The van der Waals surface area contributed by atoms with Gasteiger partial charge in [0.05, 0.1) is 4.05 Å². The minimum Gasteiger partial charge on any atom is -0.306 e. The number of rotatable bonds is 3. The van der Waals surface area contributed by atoms with Crippen molar-refractivity contribution in [1.29, 1.82) is 0 Å².